The summed E-state index contributed by atoms with van der Waals surface area (Å²) < 4.78 is 5.46. The highest BCUT2D eigenvalue weighted by Gasteiger charge is 2.44. The minimum atomic E-state index is -0.929. The van der Waals surface area contributed by atoms with Crippen molar-refractivity contribution in [2.45, 2.75) is 51.7 Å². The molecule has 0 aromatic heterocycles. The van der Waals surface area contributed by atoms with Crippen molar-refractivity contribution >= 4 is 12.0 Å². The largest absolute Gasteiger partial charge is 0.480 e. The summed E-state index contributed by atoms with van der Waals surface area (Å²) in [6.45, 7) is 5.52. The molecule has 2 N–H and O–H groups in total. The third-order valence-corrected chi connectivity index (χ3v) is 4.27. The Morgan fingerprint density at radius 3 is 2.75 bits per heavy atom. The zero-order valence-corrected chi connectivity index (χ0v) is 12.2. The van der Waals surface area contributed by atoms with Crippen LogP contribution in [0, 0.1) is 5.41 Å². The minimum Gasteiger partial charge on any atom is -0.480 e. The van der Waals surface area contributed by atoms with Gasteiger partial charge in [0.1, 0.15) is 6.04 Å². The summed E-state index contributed by atoms with van der Waals surface area (Å²) in [5, 5.41) is 12.2. The Morgan fingerprint density at radius 2 is 2.15 bits per heavy atom. The fourth-order valence-corrected chi connectivity index (χ4v) is 3.19. The van der Waals surface area contributed by atoms with E-state index in [0.29, 0.717) is 13.1 Å². The Kier molecular flexibility index (Phi) is 4.52. The van der Waals surface area contributed by atoms with Crippen molar-refractivity contribution in [3.8, 4) is 0 Å². The fraction of sp³-hybridized carbons (Fsp3) is 0.857. The predicted molar refractivity (Wildman–Crippen MR) is 73.5 cm³/mol. The van der Waals surface area contributed by atoms with E-state index in [1.807, 2.05) is 13.8 Å². The van der Waals surface area contributed by atoms with E-state index >= 15 is 0 Å². The third-order valence-electron chi connectivity index (χ3n) is 4.27. The number of aliphatic carboxylic acids is 1. The van der Waals surface area contributed by atoms with E-state index in [9.17, 15) is 14.7 Å². The van der Waals surface area contributed by atoms with Crippen LogP contribution in [0.3, 0.4) is 0 Å². The van der Waals surface area contributed by atoms with Crippen molar-refractivity contribution in [3.05, 3.63) is 0 Å². The Hall–Kier alpha value is -1.30. The van der Waals surface area contributed by atoms with Crippen LogP contribution in [-0.2, 0) is 9.53 Å². The van der Waals surface area contributed by atoms with Crippen LogP contribution in [0.15, 0.2) is 0 Å². The van der Waals surface area contributed by atoms with E-state index in [1.54, 1.807) is 0 Å². The molecule has 2 unspecified atom stereocenters. The van der Waals surface area contributed by atoms with Gasteiger partial charge in [-0.1, -0.05) is 13.8 Å². The zero-order valence-electron chi connectivity index (χ0n) is 12.2. The third kappa shape index (κ3) is 3.23. The highest BCUT2D eigenvalue weighted by atomic mass is 16.5. The van der Waals surface area contributed by atoms with E-state index in [2.05, 4.69) is 5.32 Å². The quantitative estimate of drug-likeness (QED) is 0.822. The summed E-state index contributed by atoms with van der Waals surface area (Å²) in [4.78, 5) is 25.2. The van der Waals surface area contributed by atoms with Crippen LogP contribution >= 0.6 is 0 Å². The summed E-state index contributed by atoms with van der Waals surface area (Å²) in [7, 11) is 0. The molecule has 2 atom stereocenters. The Balaban J connectivity index is 1.97. The first kappa shape index (κ1) is 15.1. The number of hydrogen-bond donors (Lipinski definition) is 2. The molecule has 0 bridgehead atoms. The second-order valence-electron chi connectivity index (χ2n) is 6.35. The lowest BCUT2D eigenvalue weighted by Crippen LogP contribution is -2.59. The normalized spacial score (nSPS) is 29.2. The second kappa shape index (κ2) is 5.99. The van der Waals surface area contributed by atoms with E-state index in [0.717, 1.165) is 32.3 Å². The first-order chi connectivity index (χ1) is 9.42. The number of carbonyl (C=O) groups excluding carboxylic acids is 1. The van der Waals surface area contributed by atoms with Crippen molar-refractivity contribution in [2.24, 2.45) is 5.41 Å². The van der Waals surface area contributed by atoms with E-state index in [1.165, 1.54) is 4.90 Å². The molecule has 0 spiro atoms. The topological polar surface area (TPSA) is 78.9 Å². The maximum Gasteiger partial charge on any atom is 0.327 e. The molecule has 6 heteroatoms. The number of nitrogens with one attached hydrogen (secondary N) is 1. The van der Waals surface area contributed by atoms with Crippen molar-refractivity contribution < 1.29 is 19.4 Å². The SMILES string of the molecule is CC1(C)CCCN(C(=O)NCC2CCCO2)C1C(=O)O. The number of hydrogen-bond acceptors (Lipinski definition) is 3. The molecule has 0 radical (unpaired) electrons. The van der Waals surface area contributed by atoms with Gasteiger partial charge in [0.15, 0.2) is 0 Å². The number of carboxylic acids is 1. The molecule has 0 aromatic carbocycles. The molecule has 0 aromatic rings. The number of carboxylic acid groups (broad SMARTS) is 1. The molecule has 2 aliphatic rings. The number of ether oxygens (including phenoxy) is 1. The van der Waals surface area contributed by atoms with Crippen LogP contribution in [0.5, 0.6) is 0 Å². The van der Waals surface area contributed by atoms with Gasteiger partial charge in [0, 0.05) is 19.7 Å². The van der Waals surface area contributed by atoms with Crippen molar-refractivity contribution in [1.82, 2.24) is 10.2 Å². The van der Waals surface area contributed by atoms with Gasteiger partial charge in [-0.25, -0.2) is 9.59 Å². The molecule has 2 rings (SSSR count). The highest BCUT2D eigenvalue weighted by Crippen LogP contribution is 2.35. The average Bonchev–Trinajstić information content (AvgIpc) is 2.86. The molecule has 6 nitrogen and oxygen atoms in total. The summed E-state index contributed by atoms with van der Waals surface area (Å²) in [6, 6.07) is -1.05. The Labute approximate surface area is 119 Å². The molecular weight excluding hydrogens is 260 g/mol. The molecule has 0 aliphatic carbocycles. The van der Waals surface area contributed by atoms with Gasteiger partial charge in [0.05, 0.1) is 6.10 Å². The van der Waals surface area contributed by atoms with Gasteiger partial charge in [-0.15, -0.1) is 0 Å². The van der Waals surface area contributed by atoms with Gasteiger partial charge in [0.25, 0.3) is 0 Å². The Morgan fingerprint density at radius 1 is 1.40 bits per heavy atom. The van der Waals surface area contributed by atoms with E-state index in [4.69, 9.17) is 4.74 Å². The molecule has 2 aliphatic heterocycles. The molecule has 2 amide bonds. The first-order valence-electron chi connectivity index (χ1n) is 7.31. The van der Waals surface area contributed by atoms with Crippen molar-refractivity contribution in [3.63, 3.8) is 0 Å². The molecule has 2 heterocycles. The zero-order chi connectivity index (χ0) is 14.8. The van der Waals surface area contributed by atoms with Gasteiger partial charge in [-0.05, 0) is 31.1 Å². The number of nitrogens with zero attached hydrogens (tertiary/aromatic N) is 1. The predicted octanol–water partition coefficient (Wildman–Crippen LogP) is 1.45. The lowest BCUT2D eigenvalue weighted by atomic mass is 9.76. The number of carbonyl (C=O) groups is 2. The van der Waals surface area contributed by atoms with E-state index in [-0.39, 0.29) is 12.1 Å². The van der Waals surface area contributed by atoms with Crippen molar-refractivity contribution in [1.29, 1.82) is 0 Å². The van der Waals surface area contributed by atoms with Gasteiger partial charge < -0.3 is 20.1 Å². The van der Waals surface area contributed by atoms with Gasteiger partial charge in [-0.3, -0.25) is 0 Å². The van der Waals surface area contributed by atoms with Crippen LogP contribution in [0.25, 0.3) is 0 Å². The molecule has 0 saturated carbocycles. The second-order valence-corrected chi connectivity index (χ2v) is 6.35. The van der Waals surface area contributed by atoms with Crippen LogP contribution in [0.2, 0.25) is 0 Å². The highest BCUT2D eigenvalue weighted by molar-refractivity contribution is 5.83. The maximum atomic E-state index is 12.3. The summed E-state index contributed by atoms with van der Waals surface area (Å²) in [6.07, 6.45) is 3.70. The van der Waals surface area contributed by atoms with Gasteiger partial charge in [-0.2, -0.15) is 0 Å². The summed E-state index contributed by atoms with van der Waals surface area (Å²) in [5.41, 5.74) is -0.398. The van der Waals surface area contributed by atoms with Crippen LogP contribution < -0.4 is 5.32 Å². The fourth-order valence-electron chi connectivity index (χ4n) is 3.19. The number of rotatable bonds is 3. The molecular formula is C14H24N2O4. The standard InChI is InChI=1S/C14H24N2O4/c1-14(2)6-4-7-16(11(14)12(17)18)13(19)15-9-10-5-3-8-20-10/h10-11H,3-9H2,1-2H3,(H,15,19)(H,17,18). The molecule has 114 valence electrons. The van der Waals surface area contributed by atoms with Crippen LogP contribution in [0.1, 0.15) is 39.5 Å². The van der Waals surface area contributed by atoms with Crippen LogP contribution in [0.4, 0.5) is 4.79 Å². The smallest absolute Gasteiger partial charge is 0.327 e. The minimum absolute atomic E-state index is 0.0695. The summed E-state index contributed by atoms with van der Waals surface area (Å²) >= 11 is 0. The lowest BCUT2D eigenvalue weighted by Gasteiger charge is -2.43. The monoisotopic (exact) mass is 284 g/mol. The molecule has 2 saturated heterocycles. The molecule has 20 heavy (non-hydrogen) atoms. The number of likely N-dealkylation sites (tertiary alicyclic amines) is 1. The Bertz CT molecular complexity index is 377. The number of piperidine rings is 1. The lowest BCUT2D eigenvalue weighted by molar-refractivity contribution is -0.148. The maximum absolute atomic E-state index is 12.3. The summed E-state index contributed by atoms with van der Waals surface area (Å²) in [5.74, 6) is -0.929. The van der Waals surface area contributed by atoms with Gasteiger partial charge in [0.2, 0.25) is 0 Å². The van der Waals surface area contributed by atoms with Gasteiger partial charge >= 0.3 is 12.0 Å². The molecule has 2 fully saturated rings. The van der Waals surface area contributed by atoms with Crippen molar-refractivity contribution in [2.75, 3.05) is 19.7 Å². The number of urea groups is 1. The average molecular weight is 284 g/mol. The number of amides is 2. The van der Waals surface area contributed by atoms with E-state index < -0.39 is 17.4 Å². The first-order valence-corrected chi connectivity index (χ1v) is 7.31. The van der Waals surface area contributed by atoms with Crippen LogP contribution in [-0.4, -0.2) is 53.8 Å².